The van der Waals surface area contributed by atoms with E-state index in [0.717, 1.165) is 18.7 Å². The van der Waals surface area contributed by atoms with Gasteiger partial charge in [-0.25, -0.2) is 0 Å². The van der Waals surface area contributed by atoms with Gasteiger partial charge in [0.2, 0.25) is 6.29 Å². The van der Waals surface area contributed by atoms with Crippen molar-refractivity contribution in [1.29, 1.82) is 0 Å². The number of ether oxygens (including phenoxy) is 2. The summed E-state index contributed by atoms with van der Waals surface area (Å²) in [6, 6.07) is 0.668. The highest BCUT2D eigenvalue weighted by atomic mass is 16.7. The van der Waals surface area contributed by atoms with E-state index in [1.807, 2.05) is 24.7 Å². The Labute approximate surface area is 127 Å². The lowest BCUT2D eigenvalue weighted by Gasteiger charge is -2.32. The zero-order valence-corrected chi connectivity index (χ0v) is 13.5. The molecule has 6 nitrogen and oxygen atoms in total. The van der Waals surface area contributed by atoms with Crippen LogP contribution in [0.25, 0.3) is 0 Å². The maximum Gasteiger partial charge on any atom is 0.204 e. The number of hydrogen-bond acceptors (Lipinski definition) is 5. The minimum Gasteiger partial charge on any atom is -0.347 e. The van der Waals surface area contributed by atoms with Gasteiger partial charge >= 0.3 is 0 Å². The Kier molecular flexibility index (Phi) is 6.60. The molecule has 0 spiro atoms. The zero-order valence-electron chi connectivity index (χ0n) is 13.5. The van der Waals surface area contributed by atoms with Crippen molar-refractivity contribution in [3.05, 3.63) is 11.9 Å². The summed E-state index contributed by atoms with van der Waals surface area (Å²) >= 11 is 0. The predicted molar refractivity (Wildman–Crippen MR) is 80.9 cm³/mol. The van der Waals surface area contributed by atoms with Gasteiger partial charge in [-0.1, -0.05) is 11.6 Å². The van der Waals surface area contributed by atoms with Gasteiger partial charge in [-0.05, 0) is 46.7 Å². The van der Waals surface area contributed by atoms with Crippen LogP contribution >= 0.6 is 0 Å². The molecule has 2 heterocycles. The molecule has 0 N–H and O–H groups in total. The molecule has 2 rings (SSSR count). The van der Waals surface area contributed by atoms with E-state index in [1.54, 1.807) is 0 Å². The Morgan fingerprint density at radius 1 is 1.29 bits per heavy atom. The number of rotatable bonds is 8. The lowest BCUT2D eigenvalue weighted by atomic mass is 10.0. The Hall–Kier alpha value is -0.980. The SMILES string of the molecule is CCOC(OCC)c1cn(CCC2CCCCN2C)nn1. The third kappa shape index (κ3) is 4.76. The van der Waals surface area contributed by atoms with Crippen molar-refractivity contribution in [1.82, 2.24) is 19.9 Å². The summed E-state index contributed by atoms with van der Waals surface area (Å²) < 4.78 is 13.0. The highest BCUT2D eigenvalue weighted by Crippen LogP contribution is 2.19. The van der Waals surface area contributed by atoms with Crippen molar-refractivity contribution in [3.63, 3.8) is 0 Å². The van der Waals surface area contributed by atoms with E-state index in [0.29, 0.717) is 19.3 Å². The van der Waals surface area contributed by atoms with Crippen LogP contribution in [0.15, 0.2) is 6.20 Å². The molecule has 1 atom stereocenters. The van der Waals surface area contributed by atoms with E-state index in [4.69, 9.17) is 9.47 Å². The van der Waals surface area contributed by atoms with Gasteiger partial charge in [-0.2, -0.15) is 0 Å². The van der Waals surface area contributed by atoms with E-state index < -0.39 is 6.29 Å². The molecule has 1 aliphatic heterocycles. The number of piperidine rings is 1. The maximum absolute atomic E-state index is 5.55. The van der Waals surface area contributed by atoms with Gasteiger partial charge in [0, 0.05) is 25.8 Å². The summed E-state index contributed by atoms with van der Waals surface area (Å²) in [5, 5.41) is 8.39. The third-order valence-corrected chi connectivity index (χ3v) is 4.05. The third-order valence-electron chi connectivity index (χ3n) is 4.05. The van der Waals surface area contributed by atoms with E-state index in [1.165, 1.54) is 25.8 Å². The van der Waals surface area contributed by atoms with Crippen molar-refractivity contribution in [2.24, 2.45) is 0 Å². The van der Waals surface area contributed by atoms with Gasteiger partial charge in [-0.15, -0.1) is 5.10 Å². The summed E-state index contributed by atoms with van der Waals surface area (Å²) in [5.74, 6) is 0. The summed E-state index contributed by atoms with van der Waals surface area (Å²) in [7, 11) is 2.22. The summed E-state index contributed by atoms with van der Waals surface area (Å²) in [5.41, 5.74) is 0.760. The molecule has 1 aromatic heterocycles. The molecular weight excluding hydrogens is 268 g/mol. The Morgan fingerprint density at radius 3 is 2.71 bits per heavy atom. The standard InChI is InChI=1S/C15H28N4O2/c1-4-20-15(21-5-2)14-12-19(17-16-14)11-9-13-8-6-7-10-18(13)3/h12-13,15H,4-11H2,1-3H3. The molecule has 1 saturated heterocycles. The minimum absolute atomic E-state index is 0.397. The van der Waals surface area contributed by atoms with Gasteiger partial charge in [0.1, 0.15) is 5.69 Å². The molecule has 1 unspecified atom stereocenters. The molecule has 21 heavy (non-hydrogen) atoms. The molecule has 1 aromatic rings. The van der Waals surface area contributed by atoms with E-state index >= 15 is 0 Å². The topological polar surface area (TPSA) is 52.4 Å². The Balaban J connectivity index is 1.86. The van der Waals surface area contributed by atoms with Gasteiger partial charge < -0.3 is 14.4 Å². The lowest BCUT2D eigenvalue weighted by molar-refractivity contribution is -0.142. The largest absolute Gasteiger partial charge is 0.347 e. The highest BCUT2D eigenvalue weighted by Gasteiger charge is 2.20. The molecule has 0 amide bonds. The Morgan fingerprint density at radius 2 is 2.05 bits per heavy atom. The van der Waals surface area contributed by atoms with Gasteiger partial charge in [0.15, 0.2) is 0 Å². The van der Waals surface area contributed by atoms with Crippen molar-refractivity contribution < 1.29 is 9.47 Å². The molecule has 0 aliphatic carbocycles. The fourth-order valence-electron chi connectivity index (χ4n) is 2.84. The molecule has 1 aliphatic rings. The highest BCUT2D eigenvalue weighted by molar-refractivity contribution is 4.94. The van der Waals surface area contributed by atoms with Crippen LogP contribution < -0.4 is 0 Å². The molecule has 120 valence electrons. The van der Waals surface area contributed by atoms with Crippen LogP contribution in [0.5, 0.6) is 0 Å². The number of likely N-dealkylation sites (tertiary alicyclic amines) is 1. The monoisotopic (exact) mass is 296 g/mol. The zero-order chi connectivity index (χ0) is 15.1. The normalized spacial score (nSPS) is 20.3. The average molecular weight is 296 g/mol. The second kappa shape index (κ2) is 8.46. The summed E-state index contributed by atoms with van der Waals surface area (Å²) in [4.78, 5) is 2.46. The predicted octanol–water partition coefficient (Wildman–Crippen LogP) is 2.22. The van der Waals surface area contributed by atoms with Gasteiger partial charge in [0.25, 0.3) is 0 Å². The number of hydrogen-bond donors (Lipinski definition) is 0. The molecule has 0 radical (unpaired) electrons. The fraction of sp³-hybridized carbons (Fsp3) is 0.867. The van der Waals surface area contributed by atoms with Crippen LogP contribution in [0, 0.1) is 0 Å². The Bertz CT molecular complexity index is 404. The van der Waals surface area contributed by atoms with Crippen LogP contribution in [0.3, 0.4) is 0 Å². The molecule has 1 fully saturated rings. The lowest BCUT2D eigenvalue weighted by Crippen LogP contribution is -2.36. The molecular formula is C15H28N4O2. The minimum atomic E-state index is -0.397. The van der Waals surface area contributed by atoms with Crippen molar-refractivity contribution >= 4 is 0 Å². The van der Waals surface area contributed by atoms with Crippen molar-refractivity contribution in [3.8, 4) is 0 Å². The summed E-state index contributed by atoms with van der Waals surface area (Å²) in [6.45, 7) is 7.22. The van der Waals surface area contributed by atoms with Crippen LogP contribution in [-0.2, 0) is 16.0 Å². The number of aryl methyl sites for hydroxylation is 1. The van der Waals surface area contributed by atoms with E-state index in [9.17, 15) is 0 Å². The summed E-state index contributed by atoms with van der Waals surface area (Å²) in [6.07, 6.45) is 6.62. The molecule has 6 heteroatoms. The first-order chi connectivity index (χ1) is 10.2. The quantitative estimate of drug-likeness (QED) is 0.689. The van der Waals surface area contributed by atoms with Crippen LogP contribution in [-0.4, -0.2) is 52.7 Å². The fourth-order valence-corrected chi connectivity index (χ4v) is 2.84. The van der Waals surface area contributed by atoms with Crippen molar-refractivity contribution in [2.75, 3.05) is 26.8 Å². The first kappa shape index (κ1) is 16.4. The molecule has 0 aromatic carbocycles. The van der Waals surface area contributed by atoms with Gasteiger partial charge in [0.05, 0.1) is 6.20 Å². The smallest absolute Gasteiger partial charge is 0.204 e. The number of nitrogens with zero attached hydrogens (tertiary/aromatic N) is 4. The molecule has 0 saturated carbocycles. The van der Waals surface area contributed by atoms with Crippen LogP contribution in [0.4, 0.5) is 0 Å². The van der Waals surface area contributed by atoms with E-state index in [2.05, 4.69) is 22.3 Å². The maximum atomic E-state index is 5.55. The van der Waals surface area contributed by atoms with Crippen LogP contribution in [0.2, 0.25) is 0 Å². The average Bonchev–Trinajstić information content (AvgIpc) is 2.95. The second-order valence-electron chi connectivity index (χ2n) is 5.57. The van der Waals surface area contributed by atoms with Crippen LogP contribution in [0.1, 0.15) is 51.5 Å². The van der Waals surface area contributed by atoms with Gasteiger partial charge in [-0.3, -0.25) is 4.68 Å². The molecule has 0 bridgehead atoms. The van der Waals surface area contributed by atoms with E-state index in [-0.39, 0.29) is 0 Å². The number of aromatic nitrogens is 3. The van der Waals surface area contributed by atoms with Crippen molar-refractivity contribution in [2.45, 2.75) is 58.4 Å². The first-order valence-corrected chi connectivity index (χ1v) is 8.08. The first-order valence-electron chi connectivity index (χ1n) is 8.08. The second-order valence-corrected chi connectivity index (χ2v) is 5.57.